The molecular formula is C24H30N4O7S2. The second-order valence-electron chi connectivity index (χ2n) is 10.1. The number of hydrogen-bond acceptors (Lipinski definition) is 7. The monoisotopic (exact) mass is 550 g/mol. The van der Waals surface area contributed by atoms with E-state index < -0.39 is 37.9 Å². The molecule has 1 unspecified atom stereocenters. The van der Waals surface area contributed by atoms with Crippen molar-refractivity contribution in [3.05, 3.63) is 54.1 Å². The SMILES string of the molecule is CC(C)(C)CC(=O)N(CCc1ccc(S(N)(=O)=O)cc1)C1CC(=O)N(c2ccc(S(N)(=O)=O)cc2)C1=O. The van der Waals surface area contributed by atoms with Crippen LogP contribution >= 0.6 is 0 Å². The molecule has 0 radical (unpaired) electrons. The lowest BCUT2D eigenvalue weighted by Gasteiger charge is -2.30. The maximum absolute atomic E-state index is 13.4. The number of benzene rings is 2. The molecule has 11 nitrogen and oxygen atoms in total. The molecule has 37 heavy (non-hydrogen) atoms. The Labute approximate surface area is 216 Å². The fourth-order valence-corrected chi connectivity index (χ4v) is 5.05. The third kappa shape index (κ3) is 7.01. The summed E-state index contributed by atoms with van der Waals surface area (Å²) < 4.78 is 46.1. The lowest BCUT2D eigenvalue weighted by molar-refractivity contribution is -0.139. The summed E-state index contributed by atoms with van der Waals surface area (Å²) in [6.45, 7) is 5.77. The molecular weight excluding hydrogens is 520 g/mol. The molecule has 1 aliphatic rings. The van der Waals surface area contributed by atoms with Gasteiger partial charge in [-0.05, 0) is 53.8 Å². The predicted octanol–water partition coefficient (Wildman–Crippen LogP) is 1.12. The number of carbonyl (C=O) groups is 3. The Morgan fingerprint density at radius 3 is 1.86 bits per heavy atom. The standard InChI is InChI=1S/C24H30N4O7S2/c1-24(2,3)15-22(30)27(13-12-16-4-8-18(9-5-16)36(25,32)33)20-14-21(29)28(23(20)31)17-6-10-19(11-7-17)37(26,34)35/h4-11,20H,12-15H2,1-3H3,(H2,25,32,33)(H2,26,34,35). The van der Waals surface area contributed by atoms with Gasteiger partial charge in [0, 0.05) is 13.0 Å². The number of hydrogen-bond donors (Lipinski definition) is 2. The van der Waals surface area contributed by atoms with Crippen molar-refractivity contribution < 1.29 is 31.2 Å². The average Bonchev–Trinajstić information content (AvgIpc) is 3.05. The minimum Gasteiger partial charge on any atom is -0.330 e. The fraction of sp³-hybridized carbons (Fsp3) is 0.375. The maximum Gasteiger partial charge on any atom is 0.257 e. The van der Waals surface area contributed by atoms with Gasteiger partial charge in [-0.1, -0.05) is 32.9 Å². The third-order valence-electron chi connectivity index (χ3n) is 5.82. The number of imide groups is 1. The number of nitrogens with two attached hydrogens (primary N) is 2. The fourth-order valence-electron chi connectivity index (χ4n) is 4.02. The van der Waals surface area contributed by atoms with Gasteiger partial charge in [0.2, 0.25) is 31.9 Å². The topological polar surface area (TPSA) is 178 Å². The van der Waals surface area contributed by atoms with Crippen LogP contribution in [0, 0.1) is 5.41 Å². The zero-order valence-electron chi connectivity index (χ0n) is 20.7. The summed E-state index contributed by atoms with van der Waals surface area (Å²) >= 11 is 0. The van der Waals surface area contributed by atoms with Crippen molar-refractivity contribution in [2.45, 2.75) is 55.9 Å². The smallest absolute Gasteiger partial charge is 0.257 e. The molecule has 2 aromatic carbocycles. The largest absolute Gasteiger partial charge is 0.330 e. The van der Waals surface area contributed by atoms with E-state index in [1.807, 2.05) is 20.8 Å². The van der Waals surface area contributed by atoms with Gasteiger partial charge in [-0.3, -0.25) is 14.4 Å². The summed E-state index contributed by atoms with van der Waals surface area (Å²) in [5.74, 6) is -1.42. The number of carbonyl (C=O) groups excluding carboxylic acids is 3. The first-order valence-corrected chi connectivity index (χ1v) is 14.5. The molecule has 1 aliphatic heterocycles. The van der Waals surface area contributed by atoms with Crippen molar-refractivity contribution in [2.24, 2.45) is 15.7 Å². The van der Waals surface area contributed by atoms with E-state index in [1.165, 1.54) is 41.3 Å². The van der Waals surface area contributed by atoms with Gasteiger partial charge in [0.25, 0.3) is 5.91 Å². The molecule has 1 fully saturated rings. The van der Waals surface area contributed by atoms with E-state index in [2.05, 4.69) is 0 Å². The van der Waals surface area contributed by atoms with E-state index in [0.29, 0.717) is 12.0 Å². The Bertz CT molecular complexity index is 1410. The van der Waals surface area contributed by atoms with Crippen molar-refractivity contribution in [3.8, 4) is 0 Å². The van der Waals surface area contributed by atoms with Crippen molar-refractivity contribution in [1.29, 1.82) is 0 Å². The third-order valence-corrected chi connectivity index (χ3v) is 7.68. The van der Waals surface area contributed by atoms with Crippen LogP contribution < -0.4 is 15.2 Å². The summed E-state index contributed by atoms with van der Waals surface area (Å²) in [5, 5.41) is 10.3. The van der Waals surface area contributed by atoms with Crippen molar-refractivity contribution in [1.82, 2.24) is 4.90 Å². The highest BCUT2D eigenvalue weighted by Gasteiger charge is 2.44. The zero-order chi connectivity index (χ0) is 27.8. The van der Waals surface area contributed by atoms with Crippen LogP contribution in [0.15, 0.2) is 58.3 Å². The Hall–Kier alpha value is -3.13. The minimum absolute atomic E-state index is 0.0439. The summed E-state index contributed by atoms with van der Waals surface area (Å²) in [6.07, 6.45) is 0.218. The highest BCUT2D eigenvalue weighted by Crippen LogP contribution is 2.29. The molecule has 13 heteroatoms. The summed E-state index contributed by atoms with van der Waals surface area (Å²) in [4.78, 5) is 41.6. The lowest BCUT2D eigenvalue weighted by atomic mass is 9.91. The highest BCUT2D eigenvalue weighted by atomic mass is 32.2. The first-order chi connectivity index (χ1) is 17.0. The van der Waals surface area contributed by atoms with Crippen LogP contribution in [0.2, 0.25) is 0 Å². The van der Waals surface area contributed by atoms with Crippen molar-refractivity contribution in [2.75, 3.05) is 11.4 Å². The van der Waals surface area contributed by atoms with Crippen LogP contribution in [0.5, 0.6) is 0 Å². The number of sulfonamides is 2. The van der Waals surface area contributed by atoms with E-state index in [-0.39, 0.29) is 46.2 Å². The summed E-state index contributed by atoms with van der Waals surface area (Å²) in [5.41, 5.74) is 0.515. The molecule has 3 rings (SSSR count). The number of nitrogens with zero attached hydrogens (tertiary/aromatic N) is 2. The molecule has 0 aliphatic carbocycles. The molecule has 1 atom stereocenters. The van der Waals surface area contributed by atoms with Gasteiger partial charge in [-0.25, -0.2) is 32.0 Å². The van der Waals surface area contributed by atoms with E-state index in [0.717, 1.165) is 4.90 Å². The predicted molar refractivity (Wildman–Crippen MR) is 136 cm³/mol. The second kappa shape index (κ2) is 10.3. The lowest BCUT2D eigenvalue weighted by Crippen LogP contribution is -2.47. The van der Waals surface area contributed by atoms with Gasteiger partial charge >= 0.3 is 0 Å². The first kappa shape index (κ1) is 28.4. The van der Waals surface area contributed by atoms with E-state index in [9.17, 15) is 31.2 Å². The van der Waals surface area contributed by atoms with E-state index in [4.69, 9.17) is 10.3 Å². The van der Waals surface area contributed by atoms with Crippen LogP contribution in [-0.4, -0.2) is 52.0 Å². The van der Waals surface area contributed by atoms with E-state index in [1.54, 1.807) is 12.1 Å². The van der Waals surface area contributed by atoms with Crippen LogP contribution in [0.3, 0.4) is 0 Å². The van der Waals surface area contributed by atoms with Crippen molar-refractivity contribution in [3.63, 3.8) is 0 Å². The quantitative estimate of drug-likeness (QED) is 0.462. The van der Waals surface area contributed by atoms with Gasteiger partial charge in [-0.15, -0.1) is 0 Å². The van der Waals surface area contributed by atoms with Crippen LogP contribution in [0.25, 0.3) is 0 Å². The Morgan fingerprint density at radius 2 is 1.41 bits per heavy atom. The summed E-state index contributed by atoms with van der Waals surface area (Å²) in [6, 6.07) is 9.87. The molecule has 4 N–H and O–H groups in total. The highest BCUT2D eigenvalue weighted by molar-refractivity contribution is 7.89. The molecule has 0 saturated carbocycles. The van der Waals surface area contributed by atoms with Crippen molar-refractivity contribution >= 4 is 43.5 Å². The molecule has 0 bridgehead atoms. The molecule has 0 spiro atoms. The van der Waals surface area contributed by atoms with E-state index >= 15 is 0 Å². The van der Waals surface area contributed by atoms with Crippen LogP contribution in [0.1, 0.15) is 39.2 Å². The molecule has 1 heterocycles. The normalized spacial score (nSPS) is 16.8. The van der Waals surface area contributed by atoms with Gasteiger partial charge < -0.3 is 4.90 Å². The average molecular weight is 551 g/mol. The maximum atomic E-state index is 13.4. The zero-order valence-corrected chi connectivity index (χ0v) is 22.4. The van der Waals surface area contributed by atoms with Gasteiger partial charge in [0.1, 0.15) is 6.04 Å². The molecule has 2 aromatic rings. The second-order valence-corrected chi connectivity index (χ2v) is 13.2. The Kier molecular flexibility index (Phi) is 7.94. The molecule has 1 saturated heterocycles. The molecule has 3 amide bonds. The van der Waals surface area contributed by atoms with Gasteiger partial charge in [-0.2, -0.15) is 0 Å². The Balaban J connectivity index is 1.86. The van der Waals surface area contributed by atoms with Gasteiger partial charge in [0.15, 0.2) is 0 Å². The summed E-state index contributed by atoms with van der Waals surface area (Å²) in [7, 11) is -7.80. The Morgan fingerprint density at radius 1 is 0.919 bits per heavy atom. The van der Waals surface area contributed by atoms with Crippen LogP contribution in [0.4, 0.5) is 5.69 Å². The molecule has 200 valence electrons. The number of rotatable bonds is 8. The number of anilines is 1. The van der Waals surface area contributed by atoms with Crippen LogP contribution in [-0.2, 0) is 40.9 Å². The van der Waals surface area contributed by atoms with Gasteiger partial charge in [0.05, 0.1) is 21.9 Å². The molecule has 0 aromatic heterocycles. The number of amides is 3. The number of primary sulfonamides is 2. The minimum atomic E-state index is -3.95. The first-order valence-electron chi connectivity index (χ1n) is 11.4.